The molecule has 0 aliphatic rings. The van der Waals surface area contributed by atoms with Gasteiger partial charge in [0.05, 0.1) is 0 Å². The second-order valence-electron chi connectivity index (χ2n) is 5.94. The molecule has 0 saturated heterocycles. The van der Waals surface area contributed by atoms with Gasteiger partial charge in [0.2, 0.25) is 0 Å². The number of nitrogens with zero attached hydrogens (tertiary/aromatic N) is 3. The highest BCUT2D eigenvalue weighted by atomic mass is 32.1. The first kappa shape index (κ1) is 18.4. The molecular formula is C16H23F2N5S. The van der Waals surface area contributed by atoms with E-state index in [1.54, 1.807) is 11.3 Å². The molecule has 24 heavy (non-hydrogen) atoms. The second kappa shape index (κ2) is 8.23. The number of guanidine groups is 1. The smallest absolute Gasteiger partial charge is 0.319 e. The van der Waals surface area contributed by atoms with Crippen LogP contribution >= 0.6 is 11.3 Å². The number of rotatable bonds is 7. The van der Waals surface area contributed by atoms with Crippen molar-refractivity contribution in [2.45, 2.75) is 39.3 Å². The van der Waals surface area contributed by atoms with Crippen molar-refractivity contribution in [3.8, 4) is 0 Å². The van der Waals surface area contributed by atoms with E-state index in [1.165, 1.54) is 17.3 Å². The van der Waals surface area contributed by atoms with Crippen molar-refractivity contribution in [3.05, 3.63) is 40.6 Å². The molecule has 0 radical (unpaired) electrons. The predicted molar refractivity (Wildman–Crippen MR) is 93.6 cm³/mol. The largest absolute Gasteiger partial charge is 0.357 e. The first-order valence-corrected chi connectivity index (χ1v) is 8.68. The monoisotopic (exact) mass is 355 g/mol. The zero-order valence-corrected chi connectivity index (χ0v) is 14.9. The lowest BCUT2D eigenvalue weighted by Gasteiger charge is -2.25. The molecule has 8 heteroatoms. The molecule has 2 rings (SSSR count). The molecule has 0 fully saturated rings. The molecule has 2 aromatic rings. The number of thiophene rings is 1. The summed E-state index contributed by atoms with van der Waals surface area (Å²) in [4.78, 5) is 9.58. The molecule has 0 aliphatic carbocycles. The number of imidazole rings is 1. The Kier molecular flexibility index (Phi) is 6.30. The molecule has 0 atom stereocenters. The van der Waals surface area contributed by atoms with Gasteiger partial charge in [0, 0.05) is 35.8 Å². The van der Waals surface area contributed by atoms with Crippen LogP contribution in [0.5, 0.6) is 0 Å². The number of alkyl halides is 2. The van der Waals surface area contributed by atoms with E-state index < -0.39 is 6.55 Å². The van der Waals surface area contributed by atoms with Gasteiger partial charge in [-0.3, -0.25) is 4.57 Å². The van der Waals surface area contributed by atoms with Crippen molar-refractivity contribution in [1.82, 2.24) is 20.2 Å². The van der Waals surface area contributed by atoms with Gasteiger partial charge in [-0.25, -0.2) is 9.98 Å². The second-order valence-corrected chi connectivity index (χ2v) is 6.89. The first-order chi connectivity index (χ1) is 11.4. The van der Waals surface area contributed by atoms with Crippen molar-refractivity contribution in [2.75, 3.05) is 13.1 Å². The van der Waals surface area contributed by atoms with Gasteiger partial charge in [-0.15, -0.1) is 11.3 Å². The van der Waals surface area contributed by atoms with E-state index in [9.17, 15) is 8.78 Å². The third-order valence-corrected chi connectivity index (χ3v) is 4.80. The van der Waals surface area contributed by atoms with Crippen LogP contribution in [0.25, 0.3) is 0 Å². The molecule has 0 bridgehead atoms. The molecule has 0 aliphatic heterocycles. The van der Waals surface area contributed by atoms with Gasteiger partial charge >= 0.3 is 6.55 Å². The lowest BCUT2D eigenvalue weighted by Crippen LogP contribution is -2.43. The molecule has 0 spiro atoms. The first-order valence-electron chi connectivity index (χ1n) is 7.80. The third kappa shape index (κ3) is 4.77. The van der Waals surface area contributed by atoms with Crippen LogP contribution in [0.15, 0.2) is 34.9 Å². The highest BCUT2D eigenvalue weighted by molar-refractivity contribution is 7.10. The van der Waals surface area contributed by atoms with Crippen molar-refractivity contribution in [1.29, 1.82) is 0 Å². The zero-order valence-electron chi connectivity index (χ0n) is 14.1. The topological polar surface area (TPSA) is 54.2 Å². The summed E-state index contributed by atoms with van der Waals surface area (Å²) in [5.74, 6) is 0.825. The molecule has 2 aromatic heterocycles. The van der Waals surface area contributed by atoms with Gasteiger partial charge in [-0.1, -0.05) is 19.9 Å². The lowest BCUT2D eigenvalue weighted by molar-refractivity contribution is 0.0671. The summed E-state index contributed by atoms with van der Waals surface area (Å²) >= 11 is 1.71. The molecule has 0 saturated carbocycles. The van der Waals surface area contributed by atoms with Crippen LogP contribution in [0.2, 0.25) is 0 Å². The van der Waals surface area contributed by atoms with Gasteiger partial charge < -0.3 is 10.6 Å². The number of nitrogens with one attached hydrogen (secondary N) is 2. The van der Waals surface area contributed by atoms with Gasteiger partial charge in [0.15, 0.2) is 5.96 Å². The molecule has 0 unspecified atom stereocenters. The van der Waals surface area contributed by atoms with Crippen LogP contribution in [0.4, 0.5) is 8.78 Å². The fourth-order valence-electron chi connectivity index (χ4n) is 2.19. The summed E-state index contributed by atoms with van der Waals surface area (Å²) in [5, 5.41) is 8.47. The van der Waals surface area contributed by atoms with Gasteiger partial charge in [-0.05, 0) is 18.4 Å². The van der Waals surface area contributed by atoms with Crippen molar-refractivity contribution in [3.63, 3.8) is 0 Å². The van der Waals surface area contributed by atoms with Crippen LogP contribution in [0.1, 0.15) is 38.0 Å². The van der Waals surface area contributed by atoms with Gasteiger partial charge in [0.1, 0.15) is 12.4 Å². The van der Waals surface area contributed by atoms with E-state index in [0.717, 1.165) is 4.57 Å². The van der Waals surface area contributed by atoms with E-state index in [4.69, 9.17) is 0 Å². The Morgan fingerprint density at radius 3 is 2.83 bits per heavy atom. The summed E-state index contributed by atoms with van der Waals surface area (Å²) in [7, 11) is 0. The Bertz CT molecular complexity index is 649. The molecular weight excluding hydrogens is 332 g/mol. The van der Waals surface area contributed by atoms with Gasteiger partial charge in [-0.2, -0.15) is 8.78 Å². The fraction of sp³-hybridized carbons (Fsp3) is 0.500. The van der Waals surface area contributed by atoms with Crippen LogP contribution in [-0.2, 0) is 12.0 Å². The summed E-state index contributed by atoms with van der Waals surface area (Å²) in [6, 6.07) is 4.14. The number of aliphatic imine (C=N–C) groups is 1. The van der Waals surface area contributed by atoms with E-state index in [1.807, 2.05) is 13.0 Å². The normalized spacial score (nSPS) is 12.7. The molecule has 0 amide bonds. The van der Waals surface area contributed by atoms with Crippen LogP contribution in [-0.4, -0.2) is 28.6 Å². The standard InChI is InChI=1S/C16H23F2N5S/c1-4-19-15(21-10-13-20-7-8-23(13)14(17)18)22-11-16(2,3)12-6-5-9-24-12/h5-9,14H,4,10-11H2,1-3H3,(H2,19,21,22). The van der Waals surface area contributed by atoms with E-state index >= 15 is 0 Å². The zero-order chi connectivity index (χ0) is 17.6. The van der Waals surface area contributed by atoms with Crippen LogP contribution in [0.3, 0.4) is 0 Å². The van der Waals surface area contributed by atoms with Crippen LogP contribution < -0.4 is 10.6 Å². The average molecular weight is 355 g/mol. The van der Waals surface area contributed by atoms with Crippen molar-refractivity contribution < 1.29 is 8.78 Å². The average Bonchev–Trinajstić information content (AvgIpc) is 3.20. The Balaban J connectivity index is 2.02. The lowest BCUT2D eigenvalue weighted by atomic mass is 9.91. The Hall–Kier alpha value is -1.96. The third-order valence-electron chi connectivity index (χ3n) is 3.57. The van der Waals surface area contributed by atoms with Crippen LogP contribution in [0, 0.1) is 0 Å². The maximum absolute atomic E-state index is 12.8. The molecule has 5 nitrogen and oxygen atoms in total. The molecule has 2 heterocycles. The van der Waals surface area contributed by atoms with Crippen molar-refractivity contribution in [2.24, 2.45) is 4.99 Å². The number of hydrogen-bond donors (Lipinski definition) is 2. The minimum atomic E-state index is -2.61. The van der Waals surface area contributed by atoms with Crippen molar-refractivity contribution >= 4 is 17.3 Å². The highest BCUT2D eigenvalue weighted by Gasteiger charge is 2.22. The number of aromatic nitrogens is 2. The van der Waals surface area contributed by atoms with E-state index in [2.05, 4.69) is 45.9 Å². The maximum atomic E-state index is 12.8. The molecule has 2 N–H and O–H groups in total. The summed E-state index contributed by atoms with van der Waals surface area (Å²) in [6.45, 7) is 5.12. The fourth-order valence-corrected chi connectivity index (χ4v) is 3.04. The highest BCUT2D eigenvalue weighted by Crippen LogP contribution is 2.26. The Morgan fingerprint density at radius 2 is 2.21 bits per heavy atom. The number of hydrogen-bond acceptors (Lipinski definition) is 3. The van der Waals surface area contributed by atoms with E-state index in [-0.39, 0.29) is 17.8 Å². The van der Waals surface area contributed by atoms with E-state index in [0.29, 0.717) is 19.0 Å². The summed E-state index contributed by atoms with van der Waals surface area (Å²) in [5.41, 5.74) is -0.0498. The maximum Gasteiger partial charge on any atom is 0.319 e. The minimum absolute atomic E-state index is 0.0498. The summed E-state index contributed by atoms with van der Waals surface area (Å²) in [6.07, 6.45) is 2.62. The minimum Gasteiger partial charge on any atom is -0.357 e. The molecule has 132 valence electrons. The Labute approximate surface area is 144 Å². The SMILES string of the molecule is CCNC(=NCc1nccn1C(F)F)NCC(C)(C)c1cccs1. The number of halogens is 2. The Morgan fingerprint density at radius 1 is 1.42 bits per heavy atom. The quantitative estimate of drug-likeness (QED) is 0.591. The molecule has 0 aromatic carbocycles. The summed E-state index contributed by atoms with van der Waals surface area (Å²) < 4.78 is 26.5. The van der Waals surface area contributed by atoms with Gasteiger partial charge in [0.25, 0.3) is 0 Å². The predicted octanol–water partition coefficient (Wildman–Crippen LogP) is 3.37.